The Balaban J connectivity index is -0.0000000180. The average Bonchev–Trinajstić information content (AvgIpc) is 2.23. The van der Waals surface area contributed by atoms with Gasteiger partial charge in [0.1, 0.15) is 0 Å². The van der Waals surface area contributed by atoms with E-state index in [4.69, 9.17) is 0 Å². The zero-order valence-electron chi connectivity index (χ0n) is 16.2. The van der Waals surface area contributed by atoms with Gasteiger partial charge < -0.3 is 0 Å². The molecule has 0 nitrogen and oxygen atoms in total. The minimum absolute atomic E-state index is 0. The zero-order valence-corrected chi connectivity index (χ0v) is 16.2. The van der Waals surface area contributed by atoms with E-state index in [0.29, 0.717) is 0 Å². The summed E-state index contributed by atoms with van der Waals surface area (Å²) in [5.41, 5.74) is 0. The molecule has 0 radical (unpaired) electrons. The topological polar surface area (TPSA) is 0 Å². The summed E-state index contributed by atoms with van der Waals surface area (Å²) in [5.74, 6) is 0. The Hall–Kier alpha value is 0. The maximum atomic E-state index is 2.12. The van der Waals surface area contributed by atoms with Gasteiger partial charge in [0.25, 0.3) is 0 Å². The Morgan fingerprint density at radius 2 is 0.263 bits per heavy atom. The first-order valence-electron chi connectivity index (χ1n) is 8.49. The average molecular weight is 281 g/mol. The van der Waals surface area contributed by atoms with E-state index in [1.807, 2.05) is 0 Å². The molecule has 0 fully saturated rings. The molecular formula is C19H52. The molecule has 0 aromatic rings. The van der Waals surface area contributed by atoms with E-state index in [-0.39, 0.29) is 7.43 Å². The molecular weight excluding hydrogens is 228 g/mol. The Labute approximate surface area is 129 Å². The first-order chi connectivity index (χ1) is 8.49. The standard InChI is InChI=1S/6C3H8.CH4/c6*1-3-2;/h6*3H2,1-2H3;1H4. The van der Waals surface area contributed by atoms with Gasteiger partial charge in [-0.15, -0.1) is 0 Å². The number of rotatable bonds is 0. The van der Waals surface area contributed by atoms with Crippen molar-refractivity contribution in [3.63, 3.8) is 0 Å². The molecule has 19 heavy (non-hydrogen) atoms. The second-order valence-corrected chi connectivity index (χ2v) is 4.24. The first-order valence-corrected chi connectivity index (χ1v) is 8.49. The molecule has 0 aliphatic heterocycles. The highest BCUT2D eigenvalue weighted by atomic mass is 13.4. The van der Waals surface area contributed by atoms with E-state index in [1.165, 1.54) is 38.5 Å². The van der Waals surface area contributed by atoms with E-state index >= 15 is 0 Å². The van der Waals surface area contributed by atoms with Gasteiger partial charge in [0.2, 0.25) is 0 Å². The predicted octanol–water partition coefficient (Wildman–Crippen LogP) is 9.13. The fourth-order valence-corrected chi connectivity index (χ4v) is 0. The monoisotopic (exact) mass is 280 g/mol. The van der Waals surface area contributed by atoms with Crippen molar-refractivity contribution < 1.29 is 0 Å². The highest BCUT2D eigenvalue weighted by molar-refractivity contribution is 3.93. The van der Waals surface area contributed by atoms with Crippen LogP contribution in [0.25, 0.3) is 0 Å². The third-order valence-corrected chi connectivity index (χ3v) is 0. The predicted molar refractivity (Wildman–Crippen MR) is 103 cm³/mol. The Morgan fingerprint density at radius 3 is 0.263 bits per heavy atom. The zero-order chi connectivity index (χ0) is 16.2. The maximum absolute atomic E-state index is 2.12. The molecule has 0 spiro atoms. The van der Waals surface area contributed by atoms with Gasteiger partial charge in [-0.2, -0.15) is 0 Å². The van der Waals surface area contributed by atoms with Gasteiger partial charge in [0.15, 0.2) is 0 Å². The van der Waals surface area contributed by atoms with Crippen LogP contribution in [0.4, 0.5) is 0 Å². The lowest BCUT2D eigenvalue weighted by Crippen LogP contribution is -1.27. The SMILES string of the molecule is C.CCC.CCC.CCC.CCC.CCC.CCC. The molecule has 0 heteroatoms. The summed E-state index contributed by atoms with van der Waals surface area (Å²) in [7, 11) is 0. The molecule has 128 valence electrons. The van der Waals surface area contributed by atoms with E-state index in [2.05, 4.69) is 83.1 Å². The lowest BCUT2D eigenvalue weighted by Gasteiger charge is -1.48. The van der Waals surface area contributed by atoms with E-state index in [9.17, 15) is 0 Å². The minimum Gasteiger partial charge on any atom is -0.0776 e. The molecule has 0 unspecified atom stereocenters. The van der Waals surface area contributed by atoms with Crippen LogP contribution in [0.15, 0.2) is 0 Å². The molecule has 0 N–H and O–H groups in total. The van der Waals surface area contributed by atoms with Gasteiger partial charge in [-0.1, -0.05) is 129 Å². The molecule has 0 atom stereocenters. The highest BCUT2D eigenvalue weighted by Crippen LogP contribution is 1.57. The third kappa shape index (κ3) is 0. The van der Waals surface area contributed by atoms with Crippen LogP contribution in [-0.4, -0.2) is 0 Å². The third-order valence-electron chi connectivity index (χ3n) is 0. The molecule has 0 rings (SSSR count). The molecule has 0 aromatic heterocycles. The summed E-state index contributed by atoms with van der Waals surface area (Å²) in [6, 6.07) is 0. The summed E-state index contributed by atoms with van der Waals surface area (Å²) in [6.07, 6.45) is 7.50. The second-order valence-electron chi connectivity index (χ2n) is 4.24. The Bertz CT molecular complexity index is 15.5. The lowest BCUT2D eigenvalue weighted by molar-refractivity contribution is 1.09. The molecule has 0 aromatic carbocycles. The van der Waals surface area contributed by atoms with Crippen LogP contribution in [0.3, 0.4) is 0 Å². The van der Waals surface area contributed by atoms with Crippen molar-refractivity contribution in [3.05, 3.63) is 0 Å². The van der Waals surface area contributed by atoms with E-state index < -0.39 is 0 Å². The Kier molecular flexibility index (Phi) is 325. The van der Waals surface area contributed by atoms with Gasteiger partial charge >= 0.3 is 0 Å². The van der Waals surface area contributed by atoms with Crippen LogP contribution in [-0.2, 0) is 0 Å². The first kappa shape index (κ1) is 42.8. The lowest BCUT2D eigenvalue weighted by atomic mass is 10.6. The van der Waals surface area contributed by atoms with Crippen LogP contribution in [0.2, 0.25) is 0 Å². The van der Waals surface area contributed by atoms with Crippen molar-refractivity contribution in [2.45, 2.75) is 129 Å². The summed E-state index contributed by atoms with van der Waals surface area (Å²) in [6.45, 7) is 25.5. The largest absolute Gasteiger partial charge is 0.0776 e. The minimum atomic E-state index is 0. The van der Waals surface area contributed by atoms with Gasteiger partial charge in [0.05, 0.1) is 0 Å². The van der Waals surface area contributed by atoms with Crippen LogP contribution in [0.5, 0.6) is 0 Å². The summed E-state index contributed by atoms with van der Waals surface area (Å²) in [4.78, 5) is 0. The molecule has 0 amide bonds. The van der Waals surface area contributed by atoms with Gasteiger partial charge in [-0.05, 0) is 0 Å². The van der Waals surface area contributed by atoms with Crippen molar-refractivity contribution >= 4 is 0 Å². The maximum Gasteiger partial charge on any atom is -0.0590 e. The van der Waals surface area contributed by atoms with Gasteiger partial charge in [0, 0.05) is 0 Å². The molecule has 0 heterocycles. The smallest absolute Gasteiger partial charge is 0.0590 e. The van der Waals surface area contributed by atoms with Crippen molar-refractivity contribution in [2.75, 3.05) is 0 Å². The molecule has 0 aliphatic carbocycles. The molecule has 0 bridgehead atoms. The molecule has 0 aliphatic rings. The van der Waals surface area contributed by atoms with Crippen LogP contribution in [0, 0.1) is 0 Å². The Morgan fingerprint density at radius 1 is 0.263 bits per heavy atom. The summed E-state index contributed by atoms with van der Waals surface area (Å²) in [5, 5.41) is 0. The van der Waals surface area contributed by atoms with E-state index in [0.717, 1.165) is 0 Å². The normalized spacial score (nSPS) is 5.68. The van der Waals surface area contributed by atoms with Crippen LogP contribution >= 0.6 is 0 Å². The fourth-order valence-electron chi connectivity index (χ4n) is 0. The quantitative estimate of drug-likeness (QED) is 0.415. The van der Waals surface area contributed by atoms with Crippen molar-refractivity contribution in [1.82, 2.24) is 0 Å². The van der Waals surface area contributed by atoms with Crippen LogP contribution in [0.1, 0.15) is 129 Å². The summed E-state index contributed by atoms with van der Waals surface area (Å²) < 4.78 is 0. The summed E-state index contributed by atoms with van der Waals surface area (Å²) >= 11 is 0. The second kappa shape index (κ2) is 144. The number of hydrogen-bond donors (Lipinski definition) is 0. The number of hydrogen-bond acceptors (Lipinski definition) is 0. The molecule has 0 saturated heterocycles. The van der Waals surface area contributed by atoms with Gasteiger partial charge in [-0.3, -0.25) is 0 Å². The fraction of sp³-hybridized carbons (Fsp3) is 1.00. The molecule has 0 saturated carbocycles. The van der Waals surface area contributed by atoms with E-state index in [1.54, 1.807) is 0 Å². The van der Waals surface area contributed by atoms with Crippen molar-refractivity contribution in [1.29, 1.82) is 0 Å². The highest BCUT2D eigenvalue weighted by Gasteiger charge is 1.37. The van der Waals surface area contributed by atoms with Crippen molar-refractivity contribution in [3.8, 4) is 0 Å². The van der Waals surface area contributed by atoms with Gasteiger partial charge in [-0.25, -0.2) is 0 Å². The van der Waals surface area contributed by atoms with Crippen molar-refractivity contribution in [2.24, 2.45) is 0 Å². The van der Waals surface area contributed by atoms with Crippen LogP contribution < -0.4 is 0 Å².